The van der Waals surface area contributed by atoms with Gasteiger partial charge in [-0.05, 0) is 12.1 Å². The molecule has 0 spiro atoms. The van der Waals surface area contributed by atoms with Gasteiger partial charge in [-0.15, -0.1) is 0 Å². The molecule has 0 aliphatic carbocycles. The minimum absolute atomic E-state index is 0.463. The largest absolute Gasteiger partial charge is 0.493 e. The van der Waals surface area contributed by atoms with Crippen molar-refractivity contribution in [3.63, 3.8) is 0 Å². The monoisotopic (exact) mass is 500 g/mol. The van der Waals surface area contributed by atoms with Gasteiger partial charge >= 0.3 is 0 Å². The van der Waals surface area contributed by atoms with E-state index >= 15 is 0 Å². The second-order valence-corrected chi connectivity index (χ2v) is 7.30. The fourth-order valence-electron chi connectivity index (χ4n) is 3.74. The van der Waals surface area contributed by atoms with Gasteiger partial charge in [-0.1, -0.05) is 0 Å². The van der Waals surface area contributed by atoms with Crippen LogP contribution in [0, 0.1) is 0 Å². The maximum absolute atomic E-state index is 5.64. The molecule has 0 saturated carbocycles. The van der Waals surface area contributed by atoms with Crippen LogP contribution in [-0.4, -0.2) is 56.9 Å². The van der Waals surface area contributed by atoms with E-state index in [0.29, 0.717) is 68.7 Å². The third kappa shape index (κ3) is 5.17. The predicted octanol–water partition coefficient (Wildman–Crippen LogP) is 5.24. The number of ether oxygens (including phenoxy) is 8. The van der Waals surface area contributed by atoms with E-state index in [1.807, 2.05) is 18.2 Å². The van der Waals surface area contributed by atoms with Crippen LogP contribution in [0.3, 0.4) is 0 Å². The van der Waals surface area contributed by atoms with E-state index < -0.39 is 0 Å². The molecule has 10 heteroatoms. The van der Waals surface area contributed by atoms with Gasteiger partial charge in [0, 0.05) is 30.0 Å². The number of benzene rings is 3. The van der Waals surface area contributed by atoms with Crippen LogP contribution in [0.1, 0.15) is 0 Å². The zero-order chi connectivity index (χ0) is 26.2. The Hall–Kier alpha value is -4.34. The molecule has 2 N–H and O–H groups in total. The number of hydrogen-bond donors (Lipinski definition) is 2. The summed E-state index contributed by atoms with van der Waals surface area (Å²) >= 11 is 0. The van der Waals surface area contributed by atoms with Crippen molar-refractivity contribution in [3.05, 3.63) is 36.4 Å². The molecule has 0 unspecified atom stereocenters. The summed E-state index contributed by atoms with van der Waals surface area (Å²) in [5, 5.41) is 6.80. The molecule has 0 radical (unpaired) electrons. The average molecular weight is 501 g/mol. The Morgan fingerprint density at radius 1 is 0.389 bits per heavy atom. The molecule has 3 rings (SSSR count). The van der Waals surface area contributed by atoms with Crippen molar-refractivity contribution in [2.75, 3.05) is 67.5 Å². The second kappa shape index (κ2) is 11.9. The normalized spacial score (nSPS) is 10.2. The lowest BCUT2D eigenvalue weighted by Gasteiger charge is -2.21. The zero-order valence-electron chi connectivity index (χ0n) is 21.7. The molecule has 0 fully saturated rings. The molecule has 3 aromatic rings. The van der Waals surface area contributed by atoms with Gasteiger partial charge in [0.2, 0.25) is 11.5 Å². The van der Waals surface area contributed by atoms with Crippen molar-refractivity contribution in [2.45, 2.75) is 0 Å². The Balaban J connectivity index is 2.14. The first-order valence-corrected chi connectivity index (χ1v) is 10.9. The van der Waals surface area contributed by atoms with E-state index in [2.05, 4.69) is 10.6 Å². The molecule has 0 bridgehead atoms. The molecule has 0 amide bonds. The number of anilines is 4. The molecule has 36 heavy (non-hydrogen) atoms. The molecule has 0 aromatic heterocycles. The second-order valence-electron chi connectivity index (χ2n) is 7.30. The first kappa shape index (κ1) is 26.3. The Morgan fingerprint density at radius 3 is 1.31 bits per heavy atom. The molecule has 0 aliphatic rings. The smallest absolute Gasteiger partial charge is 0.205 e. The summed E-state index contributed by atoms with van der Waals surface area (Å²) in [7, 11) is 12.5. The van der Waals surface area contributed by atoms with Gasteiger partial charge in [-0.3, -0.25) is 0 Å². The maximum Gasteiger partial charge on any atom is 0.205 e. The molecule has 3 aromatic carbocycles. The number of methoxy groups -OCH3 is 8. The van der Waals surface area contributed by atoms with E-state index in [4.69, 9.17) is 37.9 Å². The highest BCUT2D eigenvalue weighted by atomic mass is 16.5. The van der Waals surface area contributed by atoms with Gasteiger partial charge in [0.1, 0.15) is 0 Å². The van der Waals surface area contributed by atoms with Crippen molar-refractivity contribution >= 4 is 22.7 Å². The van der Waals surface area contributed by atoms with Gasteiger partial charge in [0.15, 0.2) is 34.5 Å². The van der Waals surface area contributed by atoms with E-state index in [9.17, 15) is 0 Å². The standard InChI is InChI=1S/C26H32N2O8/c1-29-19-10-9-16(24(34-6)26(19)36-8)28-18-14-21(31-3)20(30-2)13-17(18)27-15-11-22(32-4)25(35-7)23(12-15)33-5/h9-14,27-28H,1-8H3. The molecule has 0 saturated heterocycles. The van der Waals surface area contributed by atoms with Gasteiger partial charge in [0.25, 0.3) is 0 Å². The minimum atomic E-state index is 0.463. The van der Waals surface area contributed by atoms with Crippen LogP contribution in [0.15, 0.2) is 36.4 Å². The van der Waals surface area contributed by atoms with Gasteiger partial charge in [-0.25, -0.2) is 0 Å². The summed E-state index contributed by atoms with van der Waals surface area (Å²) in [4.78, 5) is 0. The van der Waals surface area contributed by atoms with Crippen molar-refractivity contribution < 1.29 is 37.9 Å². The predicted molar refractivity (Wildman–Crippen MR) is 138 cm³/mol. The Bertz CT molecular complexity index is 1170. The fraction of sp³-hybridized carbons (Fsp3) is 0.308. The maximum atomic E-state index is 5.64. The van der Waals surface area contributed by atoms with Crippen LogP contribution in [0.25, 0.3) is 0 Å². The van der Waals surface area contributed by atoms with Crippen LogP contribution in [-0.2, 0) is 0 Å². The fourth-order valence-corrected chi connectivity index (χ4v) is 3.74. The summed E-state index contributed by atoms with van der Waals surface area (Å²) in [6.45, 7) is 0. The van der Waals surface area contributed by atoms with E-state index in [0.717, 1.165) is 0 Å². The number of rotatable bonds is 12. The third-order valence-electron chi connectivity index (χ3n) is 5.44. The summed E-state index contributed by atoms with van der Waals surface area (Å²) in [6.07, 6.45) is 0. The Kier molecular flexibility index (Phi) is 8.66. The highest BCUT2D eigenvalue weighted by molar-refractivity contribution is 5.85. The SMILES string of the molecule is COc1cc(Nc2cc(OC)c(OC)c(OC)c2)c(Nc2ccc(OC)c(OC)c2OC)cc1OC. The molecular weight excluding hydrogens is 468 g/mol. The van der Waals surface area contributed by atoms with Crippen LogP contribution in [0.4, 0.5) is 22.7 Å². The lowest BCUT2D eigenvalue weighted by atomic mass is 10.1. The minimum Gasteiger partial charge on any atom is -0.493 e. The van der Waals surface area contributed by atoms with Crippen molar-refractivity contribution in [1.29, 1.82) is 0 Å². The van der Waals surface area contributed by atoms with E-state index in [-0.39, 0.29) is 0 Å². The first-order chi connectivity index (χ1) is 17.5. The van der Waals surface area contributed by atoms with E-state index in [1.54, 1.807) is 75.1 Å². The highest BCUT2D eigenvalue weighted by Gasteiger charge is 2.20. The average Bonchev–Trinajstić information content (AvgIpc) is 2.92. The number of nitrogens with one attached hydrogen (secondary N) is 2. The third-order valence-corrected chi connectivity index (χ3v) is 5.44. The van der Waals surface area contributed by atoms with Crippen molar-refractivity contribution in [3.8, 4) is 46.0 Å². The zero-order valence-corrected chi connectivity index (χ0v) is 21.7. The molecule has 0 heterocycles. The topological polar surface area (TPSA) is 97.9 Å². The Morgan fingerprint density at radius 2 is 0.861 bits per heavy atom. The quantitative estimate of drug-likeness (QED) is 0.343. The van der Waals surface area contributed by atoms with Gasteiger partial charge in [0.05, 0.1) is 73.9 Å². The van der Waals surface area contributed by atoms with Crippen LogP contribution in [0.5, 0.6) is 46.0 Å². The molecule has 0 aliphatic heterocycles. The van der Waals surface area contributed by atoms with Crippen molar-refractivity contribution in [1.82, 2.24) is 0 Å². The van der Waals surface area contributed by atoms with Crippen molar-refractivity contribution in [2.24, 2.45) is 0 Å². The highest BCUT2D eigenvalue weighted by Crippen LogP contribution is 2.47. The summed E-state index contributed by atoms with van der Waals surface area (Å²) in [5.74, 6) is 4.07. The molecular formula is C26H32N2O8. The van der Waals surface area contributed by atoms with Gasteiger partial charge in [-0.2, -0.15) is 0 Å². The lowest BCUT2D eigenvalue weighted by Crippen LogP contribution is -2.03. The molecule has 10 nitrogen and oxygen atoms in total. The van der Waals surface area contributed by atoms with Crippen LogP contribution in [0.2, 0.25) is 0 Å². The summed E-state index contributed by atoms with van der Waals surface area (Å²) in [6, 6.07) is 10.9. The summed E-state index contributed by atoms with van der Waals surface area (Å²) < 4.78 is 44.1. The lowest BCUT2D eigenvalue weighted by molar-refractivity contribution is 0.324. The molecule has 0 atom stereocenters. The molecule has 194 valence electrons. The summed E-state index contributed by atoms with van der Waals surface area (Å²) in [5.41, 5.74) is 2.69. The Labute approximate surface area is 210 Å². The van der Waals surface area contributed by atoms with Gasteiger partial charge < -0.3 is 48.5 Å². The van der Waals surface area contributed by atoms with Crippen LogP contribution < -0.4 is 48.5 Å². The van der Waals surface area contributed by atoms with Crippen LogP contribution >= 0.6 is 0 Å². The van der Waals surface area contributed by atoms with E-state index in [1.165, 1.54) is 0 Å². The first-order valence-electron chi connectivity index (χ1n) is 10.9. The number of hydrogen-bond acceptors (Lipinski definition) is 10.